The summed E-state index contributed by atoms with van der Waals surface area (Å²) >= 11 is 0. The number of hydrogen-bond acceptors (Lipinski definition) is 0. The van der Waals surface area contributed by atoms with Gasteiger partial charge in [0.05, 0.1) is 27.2 Å². The van der Waals surface area contributed by atoms with E-state index < -0.39 is 0 Å². The Labute approximate surface area is 196 Å². The van der Waals surface area contributed by atoms with E-state index in [9.17, 15) is 0 Å². The van der Waals surface area contributed by atoms with Crippen LogP contribution in [-0.4, -0.2) is 62.3 Å². The summed E-state index contributed by atoms with van der Waals surface area (Å²) in [5, 5.41) is 0. The second-order valence-electron chi connectivity index (χ2n) is 11.5. The van der Waals surface area contributed by atoms with E-state index in [0.717, 1.165) is 22.1 Å². The molecule has 0 amide bonds. The average molecular weight is 431 g/mol. The molecule has 0 aromatic carbocycles. The summed E-state index contributed by atoms with van der Waals surface area (Å²) in [4.78, 5) is 0. The summed E-state index contributed by atoms with van der Waals surface area (Å²) < 4.78 is 2.29. The zero-order valence-electron chi connectivity index (χ0n) is 20.7. The fraction of sp³-hybridized carbons (Fsp3) is 0.467. The van der Waals surface area contributed by atoms with E-state index in [1.807, 2.05) is 12.2 Å². The van der Waals surface area contributed by atoms with Crippen molar-refractivity contribution in [3.05, 3.63) is 96.2 Å². The molecule has 2 aliphatic carbocycles. The van der Waals surface area contributed by atoms with E-state index in [1.165, 1.54) is 61.3 Å². The SMILES string of the molecule is C=CC1(C)C=CC2=C(C=C1)C[N+](C)(CC[N+]1(C)CCC3=C(C=CC(C)(C=C)C=C3)C1)CC2. The lowest BCUT2D eigenvalue weighted by atomic mass is 9.90. The molecule has 170 valence electrons. The standard InChI is InChI=1S/C30H42N2/c1-7-29(3)15-9-25-13-19-31(5,23-27(25)11-17-29)21-22-32(6)20-14-26-10-16-30(4,8-2)18-12-28(26)24-32/h7-12,15-18H,1-2,13-14,19-24H2,3-6H3/q+2. The minimum atomic E-state index is -0.0268. The van der Waals surface area contributed by atoms with Crippen LogP contribution >= 0.6 is 0 Å². The van der Waals surface area contributed by atoms with Crippen LogP contribution in [0.25, 0.3) is 0 Å². The van der Waals surface area contributed by atoms with Gasteiger partial charge in [0.1, 0.15) is 26.2 Å². The Morgan fingerprint density at radius 2 is 1.03 bits per heavy atom. The minimum absolute atomic E-state index is 0.0268. The fourth-order valence-electron chi connectivity index (χ4n) is 5.35. The molecule has 0 saturated heterocycles. The molecule has 2 heterocycles. The van der Waals surface area contributed by atoms with Gasteiger partial charge in [-0.25, -0.2) is 0 Å². The van der Waals surface area contributed by atoms with Gasteiger partial charge in [-0.1, -0.05) is 60.8 Å². The molecule has 4 rings (SSSR count). The van der Waals surface area contributed by atoms with Gasteiger partial charge in [-0.15, -0.1) is 13.2 Å². The molecule has 32 heavy (non-hydrogen) atoms. The monoisotopic (exact) mass is 430 g/mol. The molecule has 0 aromatic rings. The largest absolute Gasteiger partial charge is 0.317 e. The van der Waals surface area contributed by atoms with Crippen LogP contribution in [0.1, 0.15) is 26.7 Å². The molecule has 4 unspecified atom stereocenters. The minimum Gasteiger partial charge on any atom is -0.317 e. The Hall–Kier alpha value is -2.16. The van der Waals surface area contributed by atoms with Gasteiger partial charge in [0.15, 0.2) is 0 Å². The van der Waals surface area contributed by atoms with Crippen LogP contribution in [0.4, 0.5) is 0 Å². The van der Waals surface area contributed by atoms with Crippen LogP contribution in [0, 0.1) is 10.8 Å². The zero-order valence-corrected chi connectivity index (χ0v) is 20.7. The summed E-state index contributed by atoms with van der Waals surface area (Å²) in [6.45, 7) is 19.7. The van der Waals surface area contributed by atoms with E-state index in [4.69, 9.17) is 0 Å². The van der Waals surface area contributed by atoms with E-state index in [1.54, 1.807) is 0 Å². The molecule has 0 fully saturated rings. The average Bonchev–Trinajstić information content (AvgIpc) is 3.05. The van der Waals surface area contributed by atoms with E-state index in [0.29, 0.717) is 0 Å². The summed E-state index contributed by atoms with van der Waals surface area (Å²) in [6.07, 6.45) is 25.2. The number of rotatable bonds is 5. The summed E-state index contributed by atoms with van der Waals surface area (Å²) in [5.74, 6) is 0. The number of allylic oxidation sites excluding steroid dienone is 8. The Bertz CT molecular complexity index is 906. The van der Waals surface area contributed by atoms with Crippen LogP contribution in [0.15, 0.2) is 96.2 Å². The first-order valence-electron chi connectivity index (χ1n) is 12.2. The van der Waals surface area contributed by atoms with Crippen LogP contribution in [0.3, 0.4) is 0 Å². The van der Waals surface area contributed by atoms with Gasteiger partial charge in [-0.2, -0.15) is 0 Å². The summed E-state index contributed by atoms with van der Waals surface area (Å²) in [7, 11) is 4.92. The molecule has 4 aliphatic rings. The second kappa shape index (κ2) is 8.32. The first-order valence-corrected chi connectivity index (χ1v) is 12.2. The number of quaternary nitrogens is 2. The normalized spacial score (nSPS) is 38.8. The highest BCUT2D eigenvalue weighted by molar-refractivity contribution is 5.42. The molecule has 0 bridgehead atoms. The van der Waals surface area contributed by atoms with Crippen LogP contribution in [-0.2, 0) is 0 Å². The van der Waals surface area contributed by atoms with Crippen molar-refractivity contribution in [2.45, 2.75) is 26.7 Å². The first kappa shape index (κ1) is 23.0. The predicted octanol–water partition coefficient (Wildman–Crippen LogP) is 5.92. The van der Waals surface area contributed by atoms with Gasteiger partial charge in [0.25, 0.3) is 0 Å². The molecule has 2 heteroatoms. The van der Waals surface area contributed by atoms with Crippen molar-refractivity contribution < 1.29 is 8.97 Å². The van der Waals surface area contributed by atoms with Crippen molar-refractivity contribution in [3.8, 4) is 0 Å². The van der Waals surface area contributed by atoms with E-state index in [2.05, 4.69) is 89.7 Å². The van der Waals surface area contributed by atoms with Crippen molar-refractivity contribution in [1.29, 1.82) is 0 Å². The highest BCUT2D eigenvalue weighted by atomic mass is 15.4. The highest BCUT2D eigenvalue weighted by Crippen LogP contribution is 2.34. The number of nitrogens with zero attached hydrogens (tertiary/aromatic N) is 2. The van der Waals surface area contributed by atoms with Gasteiger partial charge in [-0.3, -0.25) is 0 Å². The summed E-state index contributed by atoms with van der Waals surface area (Å²) in [6, 6.07) is 0. The van der Waals surface area contributed by atoms with Crippen molar-refractivity contribution in [1.82, 2.24) is 0 Å². The molecule has 4 atom stereocenters. The van der Waals surface area contributed by atoms with Gasteiger partial charge in [-0.05, 0) is 25.0 Å². The van der Waals surface area contributed by atoms with Gasteiger partial charge >= 0.3 is 0 Å². The highest BCUT2D eigenvalue weighted by Gasteiger charge is 2.36. The Kier molecular flexibility index (Phi) is 5.98. The van der Waals surface area contributed by atoms with Crippen molar-refractivity contribution >= 4 is 0 Å². The predicted molar refractivity (Wildman–Crippen MR) is 138 cm³/mol. The molecule has 0 N–H and O–H groups in total. The van der Waals surface area contributed by atoms with Crippen LogP contribution < -0.4 is 0 Å². The lowest BCUT2D eigenvalue weighted by Crippen LogP contribution is -2.57. The third-order valence-corrected chi connectivity index (χ3v) is 8.40. The van der Waals surface area contributed by atoms with Gasteiger partial charge < -0.3 is 8.97 Å². The summed E-state index contributed by atoms with van der Waals surface area (Å²) in [5.41, 5.74) is 6.04. The van der Waals surface area contributed by atoms with Crippen molar-refractivity contribution in [2.24, 2.45) is 10.8 Å². The third-order valence-electron chi connectivity index (χ3n) is 8.40. The van der Waals surface area contributed by atoms with Crippen molar-refractivity contribution in [2.75, 3.05) is 53.4 Å². The topological polar surface area (TPSA) is 0 Å². The maximum atomic E-state index is 4.04. The molecule has 0 saturated carbocycles. The molecular weight excluding hydrogens is 388 g/mol. The van der Waals surface area contributed by atoms with E-state index >= 15 is 0 Å². The maximum absolute atomic E-state index is 4.04. The molecular formula is C30H42N2+2. The molecule has 0 radical (unpaired) electrons. The quantitative estimate of drug-likeness (QED) is 0.375. The Morgan fingerprint density at radius 1 is 0.688 bits per heavy atom. The number of hydrogen-bond donors (Lipinski definition) is 0. The molecule has 0 aromatic heterocycles. The fourth-order valence-corrected chi connectivity index (χ4v) is 5.35. The Morgan fingerprint density at radius 3 is 1.38 bits per heavy atom. The maximum Gasteiger partial charge on any atom is 0.129 e. The van der Waals surface area contributed by atoms with E-state index in [-0.39, 0.29) is 10.8 Å². The smallest absolute Gasteiger partial charge is 0.129 e. The zero-order chi connectivity index (χ0) is 23.0. The van der Waals surface area contributed by atoms with Gasteiger partial charge in [0.2, 0.25) is 0 Å². The molecule has 2 nitrogen and oxygen atoms in total. The lowest BCUT2D eigenvalue weighted by molar-refractivity contribution is -0.960. The molecule has 0 spiro atoms. The van der Waals surface area contributed by atoms with Gasteiger partial charge in [0, 0.05) is 34.8 Å². The third kappa shape index (κ3) is 4.77. The second-order valence-corrected chi connectivity index (χ2v) is 11.5. The van der Waals surface area contributed by atoms with Crippen LogP contribution in [0.5, 0.6) is 0 Å². The Balaban J connectivity index is 1.43. The van der Waals surface area contributed by atoms with Crippen LogP contribution in [0.2, 0.25) is 0 Å². The first-order chi connectivity index (χ1) is 15.1. The lowest BCUT2D eigenvalue weighted by Gasteiger charge is -2.44. The number of likely N-dealkylation sites (N-methyl/N-ethyl adjacent to an activating group) is 2. The molecule has 2 aliphatic heterocycles. The van der Waals surface area contributed by atoms with Crippen molar-refractivity contribution in [3.63, 3.8) is 0 Å².